The van der Waals surface area contributed by atoms with Crippen molar-refractivity contribution in [3.63, 3.8) is 0 Å². The Balaban J connectivity index is 1.65. The minimum Gasteiger partial charge on any atom is -0.313 e. The molecule has 1 aromatic heterocycles. The van der Waals surface area contributed by atoms with Gasteiger partial charge in [0, 0.05) is 12.6 Å². The first kappa shape index (κ1) is 13.8. The summed E-state index contributed by atoms with van der Waals surface area (Å²) in [6, 6.07) is 9.96. The molecule has 0 aliphatic heterocycles. The van der Waals surface area contributed by atoms with E-state index in [9.17, 15) is 4.39 Å². The summed E-state index contributed by atoms with van der Waals surface area (Å²) in [7, 11) is 0. The average Bonchev–Trinajstić information content (AvgIpc) is 3.13. The van der Waals surface area contributed by atoms with E-state index in [1.165, 1.54) is 24.5 Å². The molecule has 0 amide bonds. The van der Waals surface area contributed by atoms with Gasteiger partial charge >= 0.3 is 0 Å². The standard InChI is InChI=1S/C17H20FNS/c18-16-3-1-2-14(10-16)15(11-19-17-6-7-17)5-4-13-8-9-20-12-13/h1-3,8-10,12,15,17,19H,4-7,11H2. The number of thiophene rings is 1. The van der Waals surface area contributed by atoms with E-state index in [-0.39, 0.29) is 5.82 Å². The molecule has 3 heteroatoms. The maximum absolute atomic E-state index is 13.4. The summed E-state index contributed by atoms with van der Waals surface area (Å²) in [6.07, 6.45) is 4.72. The average molecular weight is 289 g/mol. The quantitative estimate of drug-likeness (QED) is 0.799. The number of nitrogens with one attached hydrogen (secondary N) is 1. The topological polar surface area (TPSA) is 12.0 Å². The summed E-state index contributed by atoms with van der Waals surface area (Å²) in [4.78, 5) is 0. The second-order valence-corrected chi connectivity index (χ2v) is 6.38. The van der Waals surface area contributed by atoms with Gasteiger partial charge in [0.2, 0.25) is 0 Å². The highest BCUT2D eigenvalue weighted by Crippen LogP contribution is 2.25. The fourth-order valence-corrected chi connectivity index (χ4v) is 3.22. The summed E-state index contributed by atoms with van der Waals surface area (Å²) in [5.74, 6) is 0.264. The molecule has 106 valence electrons. The summed E-state index contributed by atoms with van der Waals surface area (Å²) in [6.45, 7) is 0.957. The Morgan fingerprint density at radius 1 is 1.30 bits per heavy atom. The fraction of sp³-hybridized carbons (Fsp3) is 0.412. The molecule has 2 aromatic rings. The lowest BCUT2D eigenvalue weighted by Crippen LogP contribution is -2.24. The van der Waals surface area contributed by atoms with Crippen LogP contribution in [-0.4, -0.2) is 12.6 Å². The van der Waals surface area contributed by atoms with Gasteiger partial charge in [0.1, 0.15) is 5.82 Å². The molecule has 3 rings (SSSR count). The predicted octanol–water partition coefficient (Wildman–Crippen LogP) is 4.36. The Bertz CT molecular complexity index is 534. The molecule has 1 fully saturated rings. The van der Waals surface area contributed by atoms with Gasteiger partial charge in [-0.3, -0.25) is 0 Å². The smallest absolute Gasteiger partial charge is 0.123 e. The molecule has 1 aliphatic carbocycles. The van der Waals surface area contributed by atoms with Crippen LogP contribution in [0.3, 0.4) is 0 Å². The Kier molecular flexibility index (Phi) is 4.48. The normalized spacial score (nSPS) is 16.2. The minimum atomic E-state index is -0.130. The third-order valence-electron chi connectivity index (χ3n) is 3.91. The van der Waals surface area contributed by atoms with Crippen LogP contribution in [0.25, 0.3) is 0 Å². The molecule has 1 saturated carbocycles. The molecular formula is C17H20FNS. The van der Waals surface area contributed by atoms with E-state index < -0.39 is 0 Å². The van der Waals surface area contributed by atoms with Crippen LogP contribution in [0.15, 0.2) is 41.1 Å². The van der Waals surface area contributed by atoms with Gasteiger partial charge in [0.05, 0.1) is 0 Å². The third kappa shape index (κ3) is 3.90. The van der Waals surface area contributed by atoms with E-state index in [4.69, 9.17) is 0 Å². The molecule has 20 heavy (non-hydrogen) atoms. The summed E-state index contributed by atoms with van der Waals surface area (Å²) >= 11 is 1.74. The number of rotatable bonds is 7. The van der Waals surface area contributed by atoms with Gasteiger partial charge in [-0.2, -0.15) is 11.3 Å². The Labute approximate surface area is 123 Å². The molecule has 1 heterocycles. The van der Waals surface area contributed by atoms with Gasteiger partial charge in [-0.25, -0.2) is 4.39 Å². The SMILES string of the molecule is Fc1cccc(C(CCc2ccsc2)CNC2CC2)c1. The van der Waals surface area contributed by atoms with Crippen molar-refractivity contribution in [2.75, 3.05) is 6.54 Å². The van der Waals surface area contributed by atoms with Crippen LogP contribution in [0.1, 0.15) is 36.3 Å². The van der Waals surface area contributed by atoms with Gasteiger partial charge < -0.3 is 5.32 Å². The summed E-state index contributed by atoms with van der Waals surface area (Å²) < 4.78 is 13.4. The van der Waals surface area contributed by atoms with E-state index in [1.54, 1.807) is 17.4 Å². The molecule has 0 spiro atoms. The lowest BCUT2D eigenvalue weighted by molar-refractivity contribution is 0.543. The van der Waals surface area contributed by atoms with Gasteiger partial charge in [0.25, 0.3) is 0 Å². The first-order chi connectivity index (χ1) is 9.81. The number of halogens is 1. The maximum atomic E-state index is 13.4. The first-order valence-corrected chi connectivity index (χ1v) is 8.25. The van der Waals surface area contributed by atoms with Crippen LogP contribution in [0.2, 0.25) is 0 Å². The predicted molar refractivity (Wildman–Crippen MR) is 82.8 cm³/mol. The Morgan fingerprint density at radius 2 is 2.20 bits per heavy atom. The largest absolute Gasteiger partial charge is 0.313 e. The zero-order valence-corrected chi connectivity index (χ0v) is 12.3. The monoisotopic (exact) mass is 289 g/mol. The second kappa shape index (κ2) is 6.51. The van der Waals surface area contributed by atoms with Gasteiger partial charge in [0.15, 0.2) is 0 Å². The van der Waals surface area contributed by atoms with E-state index in [0.717, 1.165) is 24.9 Å². The molecule has 0 saturated heterocycles. The van der Waals surface area contributed by atoms with Gasteiger partial charge in [-0.05, 0) is 71.7 Å². The molecule has 1 nitrogen and oxygen atoms in total. The molecular weight excluding hydrogens is 269 g/mol. The molecule has 1 N–H and O–H groups in total. The lowest BCUT2D eigenvalue weighted by atomic mass is 9.92. The van der Waals surface area contributed by atoms with Crippen LogP contribution in [0.4, 0.5) is 4.39 Å². The van der Waals surface area contributed by atoms with Crippen LogP contribution in [-0.2, 0) is 6.42 Å². The number of hydrogen-bond acceptors (Lipinski definition) is 2. The molecule has 1 aromatic carbocycles. The van der Waals surface area contributed by atoms with Crippen molar-refractivity contribution in [2.24, 2.45) is 0 Å². The van der Waals surface area contributed by atoms with E-state index in [1.807, 2.05) is 6.07 Å². The van der Waals surface area contributed by atoms with Crippen molar-refractivity contribution in [1.82, 2.24) is 5.32 Å². The molecule has 0 bridgehead atoms. The minimum absolute atomic E-state index is 0.130. The van der Waals surface area contributed by atoms with Crippen molar-refractivity contribution in [3.05, 3.63) is 58.0 Å². The highest BCUT2D eigenvalue weighted by Gasteiger charge is 2.22. The number of aryl methyl sites for hydroxylation is 1. The maximum Gasteiger partial charge on any atom is 0.123 e. The molecule has 1 aliphatic rings. The van der Waals surface area contributed by atoms with Crippen LogP contribution in [0, 0.1) is 5.82 Å². The Hall–Kier alpha value is -1.19. The molecule has 1 unspecified atom stereocenters. The first-order valence-electron chi connectivity index (χ1n) is 7.31. The van der Waals surface area contributed by atoms with Crippen LogP contribution >= 0.6 is 11.3 Å². The lowest BCUT2D eigenvalue weighted by Gasteiger charge is -2.18. The van der Waals surface area contributed by atoms with E-state index >= 15 is 0 Å². The van der Waals surface area contributed by atoms with Gasteiger partial charge in [-0.15, -0.1) is 0 Å². The van der Waals surface area contributed by atoms with Crippen LogP contribution < -0.4 is 5.32 Å². The van der Waals surface area contributed by atoms with Crippen molar-refractivity contribution < 1.29 is 4.39 Å². The zero-order chi connectivity index (χ0) is 13.8. The third-order valence-corrected chi connectivity index (χ3v) is 4.64. The van der Waals surface area contributed by atoms with E-state index in [2.05, 4.69) is 28.2 Å². The van der Waals surface area contributed by atoms with Crippen LogP contribution in [0.5, 0.6) is 0 Å². The van der Waals surface area contributed by atoms with Crippen molar-refractivity contribution in [2.45, 2.75) is 37.6 Å². The van der Waals surface area contributed by atoms with Crippen molar-refractivity contribution in [3.8, 4) is 0 Å². The second-order valence-electron chi connectivity index (χ2n) is 5.60. The summed E-state index contributed by atoms with van der Waals surface area (Å²) in [5.41, 5.74) is 2.51. The highest BCUT2D eigenvalue weighted by molar-refractivity contribution is 7.07. The summed E-state index contributed by atoms with van der Waals surface area (Å²) in [5, 5.41) is 7.91. The van der Waals surface area contributed by atoms with Crippen molar-refractivity contribution >= 4 is 11.3 Å². The van der Waals surface area contributed by atoms with Crippen molar-refractivity contribution in [1.29, 1.82) is 0 Å². The fourth-order valence-electron chi connectivity index (χ4n) is 2.52. The highest BCUT2D eigenvalue weighted by atomic mass is 32.1. The van der Waals surface area contributed by atoms with E-state index in [0.29, 0.717) is 12.0 Å². The zero-order valence-electron chi connectivity index (χ0n) is 11.5. The molecule has 0 radical (unpaired) electrons. The number of hydrogen-bond donors (Lipinski definition) is 1. The van der Waals surface area contributed by atoms with Gasteiger partial charge in [-0.1, -0.05) is 12.1 Å². The number of benzene rings is 1. The molecule has 1 atom stereocenters. The Morgan fingerprint density at radius 3 is 2.90 bits per heavy atom.